The topological polar surface area (TPSA) is 277 Å². The van der Waals surface area contributed by atoms with Crippen LogP contribution in [0, 0.1) is 0 Å². The van der Waals surface area contributed by atoms with Gasteiger partial charge in [-0.25, -0.2) is 18.1 Å². The van der Waals surface area contributed by atoms with E-state index in [1.165, 1.54) is 3.11 Å². The minimum absolute atomic E-state index is 0.00492. The van der Waals surface area contributed by atoms with Gasteiger partial charge in [0.1, 0.15) is 39.6 Å². The van der Waals surface area contributed by atoms with Crippen molar-refractivity contribution in [3.8, 4) is 0 Å². The highest BCUT2D eigenvalue weighted by molar-refractivity contribution is 14.2. The lowest BCUT2D eigenvalue weighted by molar-refractivity contribution is -0.0184. The van der Waals surface area contributed by atoms with Crippen LogP contribution in [0.2, 0.25) is 0 Å². The van der Waals surface area contributed by atoms with Crippen molar-refractivity contribution in [2.45, 2.75) is 30.9 Å². The molecule has 0 bridgehead atoms. The van der Waals surface area contributed by atoms with Crippen LogP contribution in [0.3, 0.4) is 0 Å². The van der Waals surface area contributed by atoms with Crippen molar-refractivity contribution in [3.63, 3.8) is 0 Å². The van der Waals surface area contributed by atoms with Gasteiger partial charge < -0.3 is 35.2 Å². The first kappa shape index (κ1) is 27.9. The molecule has 1 aromatic rings. The monoisotopic (exact) mass is 667 g/mol. The van der Waals surface area contributed by atoms with Gasteiger partial charge >= 0.3 is 23.5 Å². The molecule has 2 aliphatic heterocycles. The number of nitrogen functional groups attached to an aromatic ring is 1. The second-order valence-corrected chi connectivity index (χ2v) is 13.5. The normalized spacial score (nSPS) is 30.4. The maximum Gasteiger partial charge on any atom is 0.490 e. The maximum absolute atomic E-state index is 15.2. The SMILES string of the molecule is C[C@]1(F)[C@H](CN2I=Nc3c2nc(N)[nH]c3=O)O[C@H](COP(=O)(O)OP(=O)(O)OP(=O)(O)O)[C@H]1O. The van der Waals surface area contributed by atoms with Crippen molar-refractivity contribution < 1.29 is 60.6 Å². The number of aliphatic hydroxyl groups is 1. The molecular weight excluding hydrogens is 649 g/mol. The van der Waals surface area contributed by atoms with E-state index in [1.807, 2.05) is 0 Å². The van der Waals surface area contributed by atoms with Gasteiger partial charge in [-0.2, -0.15) is 16.8 Å². The Morgan fingerprint density at radius 1 is 1.26 bits per heavy atom. The smallest absolute Gasteiger partial charge is 0.387 e. The summed E-state index contributed by atoms with van der Waals surface area (Å²) in [4.78, 5) is 53.8. The average molecular weight is 667 g/mol. The molecule has 0 aromatic carbocycles. The van der Waals surface area contributed by atoms with Gasteiger partial charge in [0.2, 0.25) is 5.95 Å². The number of halogens is 2. The minimum atomic E-state index is -5.75. The Labute approximate surface area is 199 Å². The second-order valence-electron chi connectivity index (χ2n) is 6.97. The Morgan fingerprint density at radius 3 is 2.53 bits per heavy atom. The van der Waals surface area contributed by atoms with Gasteiger partial charge in [0, 0.05) is 0 Å². The minimum Gasteiger partial charge on any atom is -0.387 e. The number of hydrogen-bond acceptors (Lipinski definition) is 13. The van der Waals surface area contributed by atoms with Gasteiger partial charge in [0.05, 0.1) is 13.2 Å². The van der Waals surface area contributed by atoms with E-state index in [9.17, 15) is 28.5 Å². The Kier molecular flexibility index (Phi) is 7.88. The van der Waals surface area contributed by atoms with Gasteiger partial charge in [-0.3, -0.25) is 17.4 Å². The van der Waals surface area contributed by atoms with Crippen LogP contribution in [0.5, 0.6) is 0 Å². The van der Waals surface area contributed by atoms with E-state index in [1.54, 1.807) is 0 Å². The van der Waals surface area contributed by atoms with Crippen molar-refractivity contribution in [1.82, 2.24) is 9.97 Å². The standard InChI is InChI=1S/C11H18FIN5O13P3/c1-11(12)5(2-18-8-6(17-13-18)9(20)16-10(14)15-8)29-4(7(11)19)3-28-33(24,25)31-34(26,27)30-32(21,22)23/h4-5,7,19H,2-3H2,1H3,(H,24,25)(H,26,27)(H2,21,22,23)(H3,14,15,16,20)/t4-,5+,7-,11+/m1/s1. The summed E-state index contributed by atoms with van der Waals surface area (Å²) in [6.45, 7) is -0.295. The van der Waals surface area contributed by atoms with E-state index in [2.05, 4.69) is 26.3 Å². The van der Waals surface area contributed by atoms with Crippen molar-refractivity contribution in [2.75, 3.05) is 22.0 Å². The Bertz CT molecular complexity index is 1190. The zero-order chi connectivity index (χ0) is 25.7. The summed E-state index contributed by atoms with van der Waals surface area (Å²) in [7, 11) is -16.8. The molecule has 2 unspecified atom stereocenters. The third-order valence-electron chi connectivity index (χ3n) is 4.38. The molecule has 0 saturated carbocycles. The van der Waals surface area contributed by atoms with Crippen LogP contribution >= 0.6 is 44.8 Å². The molecule has 3 rings (SSSR count). The molecule has 6 atom stereocenters. The second kappa shape index (κ2) is 9.62. The summed E-state index contributed by atoms with van der Waals surface area (Å²) in [5.41, 5.74) is 2.50. The predicted molar refractivity (Wildman–Crippen MR) is 117 cm³/mol. The third-order valence-corrected chi connectivity index (χ3v) is 10.3. The zero-order valence-electron chi connectivity index (χ0n) is 16.7. The first-order chi connectivity index (χ1) is 15.4. The number of phosphoric acid groups is 3. The molecule has 1 saturated heterocycles. The molecule has 34 heavy (non-hydrogen) atoms. The van der Waals surface area contributed by atoms with Gasteiger partial charge in [0.25, 0.3) is 5.56 Å². The molecule has 0 aliphatic carbocycles. The molecular formula is C11H18FIN5O13P3. The lowest BCUT2D eigenvalue weighted by atomic mass is 9.95. The van der Waals surface area contributed by atoms with E-state index in [4.69, 9.17) is 25.2 Å². The third kappa shape index (κ3) is 6.52. The maximum atomic E-state index is 15.2. The molecule has 1 fully saturated rings. The van der Waals surface area contributed by atoms with Gasteiger partial charge in [-0.05, 0) is 6.92 Å². The fourth-order valence-corrected chi connectivity index (χ4v) is 7.91. The number of aromatic nitrogens is 2. The summed E-state index contributed by atoms with van der Waals surface area (Å²) >= 11 is -1.21. The first-order valence-corrected chi connectivity index (χ1v) is 15.2. The summed E-state index contributed by atoms with van der Waals surface area (Å²) in [6.07, 6.45) is -4.88. The van der Waals surface area contributed by atoms with Crippen LogP contribution in [-0.2, 0) is 31.6 Å². The van der Waals surface area contributed by atoms with Crippen LogP contribution in [0.4, 0.5) is 21.8 Å². The number of aliphatic hydroxyl groups excluding tert-OH is 1. The number of rotatable bonds is 9. The van der Waals surface area contributed by atoms with Crippen LogP contribution in [0.15, 0.2) is 7.94 Å². The fraction of sp³-hybridized carbons (Fsp3) is 0.636. The molecule has 0 spiro atoms. The molecule has 0 radical (unpaired) electrons. The number of fused-ring (bicyclic) bond motifs is 1. The Balaban J connectivity index is 1.66. The Hall–Kier alpha value is -0.730. The summed E-state index contributed by atoms with van der Waals surface area (Å²) < 4.78 is 71.6. The van der Waals surface area contributed by atoms with Crippen molar-refractivity contribution >= 4 is 62.2 Å². The van der Waals surface area contributed by atoms with Crippen molar-refractivity contribution in [1.29, 1.82) is 0 Å². The van der Waals surface area contributed by atoms with Gasteiger partial charge in [-0.1, -0.05) is 0 Å². The van der Waals surface area contributed by atoms with E-state index >= 15 is 4.39 Å². The number of H-pyrrole nitrogens is 1. The van der Waals surface area contributed by atoms with Gasteiger partial charge in [0.15, 0.2) is 17.2 Å². The van der Waals surface area contributed by atoms with Crippen LogP contribution < -0.4 is 14.4 Å². The number of phosphoric ester groups is 1. The molecule has 23 heteroatoms. The van der Waals surface area contributed by atoms with E-state index < -0.39 is 80.9 Å². The number of aromatic amines is 1. The van der Waals surface area contributed by atoms with Crippen LogP contribution in [0.1, 0.15) is 6.92 Å². The highest BCUT2D eigenvalue weighted by atomic mass is 127. The molecule has 8 N–H and O–H groups in total. The number of alkyl halides is 1. The van der Waals surface area contributed by atoms with Crippen molar-refractivity contribution in [2.24, 2.45) is 3.15 Å². The quantitative estimate of drug-likeness (QED) is 0.104. The van der Waals surface area contributed by atoms with Crippen molar-refractivity contribution in [3.05, 3.63) is 10.4 Å². The molecule has 194 valence electrons. The predicted octanol–water partition coefficient (Wildman–Crippen LogP) is 0.0727. The average Bonchev–Trinajstić information content (AvgIpc) is 3.11. The summed E-state index contributed by atoms with van der Waals surface area (Å²) in [5.74, 6) is -0.0984. The lowest BCUT2D eigenvalue weighted by Gasteiger charge is -2.26. The number of ether oxygens (including phenoxy) is 1. The highest BCUT2D eigenvalue weighted by Gasteiger charge is 2.55. The lowest BCUT2D eigenvalue weighted by Crippen LogP contribution is -2.45. The Morgan fingerprint density at radius 2 is 1.91 bits per heavy atom. The first-order valence-electron chi connectivity index (χ1n) is 8.74. The van der Waals surface area contributed by atoms with E-state index in [0.717, 1.165) is 6.92 Å². The molecule has 2 aliphatic rings. The van der Waals surface area contributed by atoms with E-state index in [0.29, 0.717) is 0 Å². The highest BCUT2D eigenvalue weighted by Crippen LogP contribution is 2.66. The zero-order valence-corrected chi connectivity index (χ0v) is 21.5. The largest absolute Gasteiger partial charge is 0.490 e. The molecule has 3 heterocycles. The molecule has 18 nitrogen and oxygen atoms in total. The fourth-order valence-electron chi connectivity index (χ4n) is 2.89. The molecule has 0 amide bonds. The van der Waals surface area contributed by atoms with E-state index in [-0.39, 0.29) is 24.0 Å². The number of nitrogens with one attached hydrogen (secondary N) is 1. The van der Waals surface area contributed by atoms with Crippen LogP contribution in [0.25, 0.3) is 0 Å². The summed E-state index contributed by atoms with van der Waals surface area (Å²) in [6, 6.07) is 0. The number of nitrogens with two attached hydrogens (primary N) is 1. The summed E-state index contributed by atoms with van der Waals surface area (Å²) in [5, 5.41) is 10.3. The molecule has 1 aromatic heterocycles. The number of anilines is 2. The van der Waals surface area contributed by atoms with Gasteiger partial charge in [-0.15, -0.1) is 0 Å². The van der Waals surface area contributed by atoms with Crippen LogP contribution in [-0.4, -0.2) is 71.8 Å². The number of nitrogens with zero attached hydrogens (tertiary/aromatic N) is 3. The number of hydrogen-bond donors (Lipinski definition) is 7.